The molecule has 0 saturated heterocycles. The van der Waals surface area contributed by atoms with Gasteiger partial charge in [-0.15, -0.1) is 0 Å². The Balaban J connectivity index is 1.58. The number of rotatable bonds is 8. The maximum absolute atomic E-state index is 11.0. The Hall–Kier alpha value is -3.67. The second-order valence-corrected chi connectivity index (χ2v) is 8.82. The van der Waals surface area contributed by atoms with E-state index in [4.69, 9.17) is 5.11 Å². The third kappa shape index (κ3) is 5.22. The highest BCUT2D eigenvalue weighted by Gasteiger charge is 2.34. The average Bonchev–Trinajstić information content (AvgIpc) is 2.78. The number of carboxylic acids is 1. The third-order valence-corrected chi connectivity index (χ3v) is 6.48. The van der Waals surface area contributed by atoms with Crippen LogP contribution in [0.3, 0.4) is 0 Å². The van der Waals surface area contributed by atoms with E-state index in [0.717, 1.165) is 22.5 Å². The van der Waals surface area contributed by atoms with Crippen molar-refractivity contribution in [3.05, 3.63) is 94.8 Å². The van der Waals surface area contributed by atoms with Gasteiger partial charge in [-0.25, -0.2) is 0 Å². The predicted molar refractivity (Wildman–Crippen MR) is 129 cm³/mol. The highest BCUT2D eigenvalue weighted by Crippen LogP contribution is 2.34. The summed E-state index contributed by atoms with van der Waals surface area (Å²) in [5.41, 5.74) is 6.83. The molecule has 2 aromatic carbocycles. The van der Waals surface area contributed by atoms with E-state index in [1.54, 1.807) is 6.20 Å². The van der Waals surface area contributed by atoms with Crippen molar-refractivity contribution in [2.75, 3.05) is 5.32 Å². The van der Waals surface area contributed by atoms with E-state index in [-0.39, 0.29) is 17.9 Å². The summed E-state index contributed by atoms with van der Waals surface area (Å²) in [5.74, 6) is -0.935. The molecule has 0 aliphatic heterocycles. The molecule has 0 amide bonds. The lowest BCUT2D eigenvalue weighted by atomic mass is 9.80. The van der Waals surface area contributed by atoms with Crippen LogP contribution in [-0.2, 0) is 4.79 Å². The number of aryl methyl sites for hydroxylation is 2. The minimum absolute atomic E-state index is 0.0136. The SMILES string of the molecule is Cc1cc(/C(C[C@H](c2ccc(NC3CC(C(=O)O)C3)cc2)c2ccccc2C)=N/O)ccn1. The molecule has 1 aliphatic rings. The van der Waals surface area contributed by atoms with Gasteiger partial charge in [-0.2, -0.15) is 0 Å². The van der Waals surface area contributed by atoms with Gasteiger partial charge in [0.2, 0.25) is 0 Å². The fourth-order valence-electron chi connectivity index (χ4n) is 4.50. The molecule has 33 heavy (non-hydrogen) atoms. The number of anilines is 1. The number of hydrogen-bond donors (Lipinski definition) is 3. The molecule has 6 nitrogen and oxygen atoms in total. The number of aromatic nitrogens is 1. The molecule has 170 valence electrons. The summed E-state index contributed by atoms with van der Waals surface area (Å²) < 4.78 is 0. The fourth-order valence-corrected chi connectivity index (χ4v) is 4.50. The number of hydrogen-bond acceptors (Lipinski definition) is 5. The van der Waals surface area contributed by atoms with E-state index < -0.39 is 5.97 Å². The van der Waals surface area contributed by atoms with Gasteiger partial charge in [0.1, 0.15) is 0 Å². The number of carbonyl (C=O) groups is 1. The van der Waals surface area contributed by atoms with Crippen molar-refractivity contribution in [2.24, 2.45) is 11.1 Å². The molecule has 0 radical (unpaired) electrons. The lowest BCUT2D eigenvalue weighted by Gasteiger charge is -2.33. The molecule has 3 aromatic rings. The van der Waals surface area contributed by atoms with Crippen LogP contribution in [0.1, 0.15) is 53.1 Å². The second-order valence-electron chi connectivity index (χ2n) is 8.82. The summed E-state index contributed by atoms with van der Waals surface area (Å²) in [6.45, 7) is 4.02. The van der Waals surface area contributed by atoms with E-state index in [9.17, 15) is 10.0 Å². The zero-order valence-corrected chi connectivity index (χ0v) is 18.9. The zero-order chi connectivity index (χ0) is 23.4. The quantitative estimate of drug-likeness (QED) is 0.247. The summed E-state index contributed by atoms with van der Waals surface area (Å²) >= 11 is 0. The number of pyridine rings is 1. The van der Waals surface area contributed by atoms with Crippen LogP contribution in [0.2, 0.25) is 0 Å². The lowest BCUT2D eigenvalue weighted by molar-refractivity contribution is -0.144. The molecule has 1 aliphatic carbocycles. The van der Waals surface area contributed by atoms with Crippen molar-refractivity contribution in [2.45, 2.75) is 45.1 Å². The zero-order valence-electron chi connectivity index (χ0n) is 18.9. The molecule has 3 N–H and O–H groups in total. The largest absolute Gasteiger partial charge is 0.481 e. The van der Waals surface area contributed by atoms with Crippen molar-refractivity contribution in [3.63, 3.8) is 0 Å². The molecule has 1 saturated carbocycles. The summed E-state index contributed by atoms with van der Waals surface area (Å²) in [7, 11) is 0. The fraction of sp³-hybridized carbons (Fsp3) is 0.296. The number of benzene rings is 2. The van der Waals surface area contributed by atoms with Gasteiger partial charge in [-0.1, -0.05) is 41.6 Å². The lowest BCUT2D eigenvalue weighted by Crippen LogP contribution is -2.39. The smallest absolute Gasteiger partial charge is 0.306 e. The summed E-state index contributed by atoms with van der Waals surface area (Å²) in [4.78, 5) is 15.3. The Morgan fingerprint density at radius 2 is 1.85 bits per heavy atom. The second kappa shape index (κ2) is 9.86. The minimum atomic E-state index is -0.713. The molecule has 0 bridgehead atoms. The Labute approximate surface area is 194 Å². The Morgan fingerprint density at radius 1 is 1.12 bits per heavy atom. The first-order valence-electron chi connectivity index (χ1n) is 11.2. The van der Waals surface area contributed by atoms with Crippen LogP contribution < -0.4 is 5.32 Å². The molecule has 1 atom stereocenters. The Morgan fingerprint density at radius 3 is 2.48 bits per heavy atom. The van der Waals surface area contributed by atoms with Gasteiger partial charge in [0.05, 0.1) is 11.6 Å². The number of nitrogens with zero attached hydrogens (tertiary/aromatic N) is 2. The van der Waals surface area contributed by atoms with Crippen LogP contribution in [0, 0.1) is 19.8 Å². The van der Waals surface area contributed by atoms with Crippen molar-refractivity contribution in [1.29, 1.82) is 0 Å². The molecule has 1 heterocycles. The van der Waals surface area contributed by atoms with E-state index >= 15 is 0 Å². The molecule has 0 unspecified atom stereocenters. The number of aliphatic carboxylic acids is 1. The highest BCUT2D eigenvalue weighted by molar-refractivity contribution is 6.01. The average molecular weight is 444 g/mol. The summed E-state index contributed by atoms with van der Waals surface area (Å²) in [6.07, 6.45) is 3.59. The topological polar surface area (TPSA) is 94.8 Å². The van der Waals surface area contributed by atoms with Crippen LogP contribution in [0.25, 0.3) is 0 Å². The van der Waals surface area contributed by atoms with Crippen LogP contribution >= 0.6 is 0 Å². The molecule has 1 aromatic heterocycles. The van der Waals surface area contributed by atoms with Crippen LogP contribution in [0.15, 0.2) is 72.0 Å². The number of carboxylic acid groups (broad SMARTS) is 1. The molecular formula is C27H29N3O3. The first kappa shape index (κ1) is 22.5. The van der Waals surface area contributed by atoms with Gasteiger partial charge in [0.15, 0.2) is 0 Å². The van der Waals surface area contributed by atoms with E-state index in [1.165, 1.54) is 11.1 Å². The monoisotopic (exact) mass is 443 g/mol. The minimum Gasteiger partial charge on any atom is -0.481 e. The van der Waals surface area contributed by atoms with E-state index in [1.807, 2.05) is 43.3 Å². The van der Waals surface area contributed by atoms with Crippen molar-refractivity contribution in [1.82, 2.24) is 4.98 Å². The normalized spacial score (nSPS) is 18.9. The molecule has 1 fully saturated rings. The maximum atomic E-state index is 11.0. The maximum Gasteiger partial charge on any atom is 0.306 e. The van der Waals surface area contributed by atoms with Crippen molar-refractivity contribution < 1.29 is 15.1 Å². The van der Waals surface area contributed by atoms with Crippen molar-refractivity contribution in [3.8, 4) is 0 Å². The van der Waals surface area contributed by atoms with Gasteiger partial charge < -0.3 is 15.6 Å². The van der Waals surface area contributed by atoms with Crippen LogP contribution in [0.4, 0.5) is 5.69 Å². The first-order chi connectivity index (χ1) is 15.9. The predicted octanol–water partition coefficient (Wildman–Crippen LogP) is 5.37. The van der Waals surface area contributed by atoms with Gasteiger partial charge in [-0.3, -0.25) is 9.78 Å². The van der Waals surface area contributed by atoms with Gasteiger partial charge in [-0.05, 0) is 67.6 Å². The Kier molecular flexibility index (Phi) is 6.73. The standard InChI is InChI=1S/C27H29N3O3/c1-17-5-3-4-6-24(17)25(16-26(30-33)20-11-12-28-18(2)13-20)19-7-9-22(10-8-19)29-23-14-21(15-23)27(31)32/h3-13,21,23,25,29,33H,14-16H2,1-2H3,(H,31,32)/b30-26+/t21?,23?,25-/m1/s1. The molecule has 6 heteroatoms. The Bertz CT molecular complexity index is 1150. The number of oxime groups is 1. The molecule has 0 spiro atoms. The van der Waals surface area contributed by atoms with E-state index in [0.29, 0.717) is 25.0 Å². The van der Waals surface area contributed by atoms with Gasteiger partial charge >= 0.3 is 5.97 Å². The highest BCUT2D eigenvalue weighted by atomic mass is 16.4. The molecular weight excluding hydrogens is 414 g/mol. The van der Waals surface area contributed by atoms with Crippen molar-refractivity contribution >= 4 is 17.4 Å². The molecule has 4 rings (SSSR count). The van der Waals surface area contributed by atoms with Crippen LogP contribution in [-0.4, -0.2) is 33.0 Å². The van der Waals surface area contributed by atoms with Crippen LogP contribution in [0.5, 0.6) is 0 Å². The van der Waals surface area contributed by atoms with Gasteiger partial charge in [0.25, 0.3) is 0 Å². The number of nitrogens with one attached hydrogen (secondary N) is 1. The summed E-state index contributed by atoms with van der Waals surface area (Å²) in [6, 6.07) is 20.6. The van der Waals surface area contributed by atoms with Gasteiger partial charge in [0, 0.05) is 41.5 Å². The third-order valence-electron chi connectivity index (χ3n) is 6.48. The van der Waals surface area contributed by atoms with E-state index in [2.05, 4.69) is 46.6 Å². The summed E-state index contributed by atoms with van der Waals surface area (Å²) in [5, 5.41) is 26.0. The first-order valence-corrected chi connectivity index (χ1v) is 11.2.